The normalized spacial score (nSPS) is 26.8. The molecule has 1 saturated carbocycles. The van der Waals surface area contributed by atoms with E-state index in [1.54, 1.807) is 12.1 Å². The van der Waals surface area contributed by atoms with Crippen molar-refractivity contribution in [1.29, 1.82) is 0 Å². The van der Waals surface area contributed by atoms with Gasteiger partial charge < -0.3 is 41.6 Å². The number of carboxylic acids is 1. The van der Waals surface area contributed by atoms with Gasteiger partial charge in [-0.25, -0.2) is 0 Å². The lowest BCUT2D eigenvalue weighted by Crippen LogP contribution is -2.37. The predicted octanol–water partition coefficient (Wildman–Crippen LogP) is 7.26. The molecule has 1 aromatic heterocycles. The van der Waals surface area contributed by atoms with Crippen LogP contribution in [0, 0.1) is 29.6 Å². The number of H-pyrrole nitrogens is 1. The van der Waals surface area contributed by atoms with Gasteiger partial charge in [-0.15, -0.1) is 0 Å². The molecule has 1 aliphatic heterocycles. The van der Waals surface area contributed by atoms with Crippen LogP contribution in [0.1, 0.15) is 120 Å². The molecule has 8 unspecified atom stereocenters. The Morgan fingerprint density at radius 1 is 1.00 bits per heavy atom. The van der Waals surface area contributed by atoms with Crippen LogP contribution in [0.5, 0.6) is 5.75 Å². The first-order valence-electron chi connectivity index (χ1n) is 20.3. The largest absolute Gasteiger partial charge is 0.508 e. The summed E-state index contributed by atoms with van der Waals surface area (Å²) in [6.45, 7) is 2.90. The number of nitrogens with two attached hydrogens (primary N) is 1. The van der Waals surface area contributed by atoms with Crippen molar-refractivity contribution in [2.75, 3.05) is 6.54 Å². The van der Waals surface area contributed by atoms with Crippen molar-refractivity contribution in [3.05, 3.63) is 89.0 Å². The molecule has 9 N–H and O–H groups in total. The van der Waals surface area contributed by atoms with Crippen LogP contribution in [-0.4, -0.2) is 60.8 Å². The Morgan fingerprint density at radius 2 is 1.79 bits per heavy atom. The molecule has 9 nitrogen and oxygen atoms in total. The van der Waals surface area contributed by atoms with Gasteiger partial charge in [0.1, 0.15) is 5.75 Å². The summed E-state index contributed by atoms with van der Waals surface area (Å²) in [5, 5.41) is 57.1. The van der Waals surface area contributed by atoms with Gasteiger partial charge in [0.25, 0.3) is 0 Å². The molecule has 3 aliphatic rings. The topological polar surface area (TPSA) is 172 Å². The third-order valence-electron chi connectivity index (χ3n) is 12.2. The Hall–Kier alpha value is -3.53. The highest BCUT2D eigenvalue weighted by atomic mass is 16.4. The second kappa shape index (κ2) is 19.7. The van der Waals surface area contributed by atoms with Crippen LogP contribution in [0.25, 0.3) is 0 Å². The molecule has 0 amide bonds. The first-order valence-corrected chi connectivity index (χ1v) is 20.3. The van der Waals surface area contributed by atoms with Crippen molar-refractivity contribution in [2.24, 2.45) is 35.3 Å². The molecule has 292 valence electrons. The van der Waals surface area contributed by atoms with Gasteiger partial charge >= 0.3 is 5.97 Å². The number of allylic oxidation sites excluding steroid dienone is 3. The summed E-state index contributed by atoms with van der Waals surface area (Å²) in [6, 6.07) is 9.36. The maximum absolute atomic E-state index is 12.3. The molecular formula is C44H65N3O6. The van der Waals surface area contributed by atoms with E-state index in [1.165, 1.54) is 19.3 Å². The van der Waals surface area contributed by atoms with Crippen LogP contribution in [0.3, 0.4) is 0 Å². The quantitative estimate of drug-likeness (QED) is 0.0490. The number of aliphatic hydroxyl groups is 3. The maximum Gasteiger partial charge on any atom is 0.309 e. The van der Waals surface area contributed by atoms with E-state index < -0.39 is 23.6 Å². The van der Waals surface area contributed by atoms with Crippen LogP contribution in [-0.2, 0) is 17.6 Å². The Labute approximate surface area is 316 Å². The van der Waals surface area contributed by atoms with Crippen molar-refractivity contribution in [2.45, 2.75) is 134 Å². The zero-order valence-corrected chi connectivity index (χ0v) is 31.8. The first-order chi connectivity index (χ1) is 25.5. The Balaban J connectivity index is 1.14. The van der Waals surface area contributed by atoms with E-state index in [0.717, 1.165) is 73.8 Å². The second-order valence-corrected chi connectivity index (χ2v) is 16.4. The van der Waals surface area contributed by atoms with Crippen molar-refractivity contribution in [1.82, 2.24) is 10.3 Å². The smallest absolute Gasteiger partial charge is 0.309 e. The lowest BCUT2D eigenvalue weighted by molar-refractivity contribution is -0.146. The summed E-state index contributed by atoms with van der Waals surface area (Å²) in [7, 11) is 0. The second-order valence-electron chi connectivity index (χ2n) is 16.4. The lowest BCUT2D eigenvalue weighted by Gasteiger charge is -2.32. The summed E-state index contributed by atoms with van der Waals surface area (Å²) in [4.78, 5) is 15.8. The van der Waals surface area contributed by atoms with Crippen molar-refractivity contribution >= 4 is 5.97 Å². The average Bonchev–Trinajstić information content (AvgIpc) is 3.69. The number of carboxylic acid groups (broad SMARTS) is 1. The van der Waals surface area contributed by atoms with Crippen LogP contribution in [0.15, 0.2) is 72.2 Å². The molecule has 1 aromatic carbocycles. The SMILES string of the molecule is CCCCCC1C=CC(CCCCCC(C(=O)O)C(O)CCC2(O)CC(CC3=CCNC(N)=C3)CC2Cc2cc(Cc3ccc(O)cc3)c[nH]2)C(O)C1. The molecule has 5 rings (SSSR count). The Kier molecular flexibility index (Phi) is 15.1. The predicted molar refractivity (Wildman–Crippen MR) is 210 cm³/mol. The fraction of sp³-hybridized carbons (Fsp3) is 0.614. The number of aromatic amines is 1. The molecule has 8 atom stereocenters. The van der Waals surface area contributed by atoms with Gasteiger partial charge in [0.2, 0.25) is 0 Å². The molecule has 0 radical (unpaired) electrons. The molecule has 1 fully saturated rings. The minimum absolute atomic E-state index is 0.0531. The van der Waals surface area contributed by atoms with Crippen molar-refractivity contribution in [3.63, 3.8) is 0 Å². The number of unbranched alkanes of at least 4 members (excludes halogenated alkanes) is 4. The van der Waals surface area contributed by atoms with Gasteiger partial charge in [0, 0.05) is 24.4 Å². The number of aromatic hydroxyl groups is 1. The van der Waals surface area contributed by atoms with E-state index in [1.807, 2.05) is 24.4 Å². The van der Waals surface area contributed by atoms with Crippen LogP contribution < -0.4 is 11.1 Å². The number of aliphatic hydroxyl groups excluding tert-OH is 2. The minimum Gasteiger partial charge on any atom is -0.508 e. The van der Waals surface area contributed by atoms with Gasteiger partial charge in [0.15, 0.2) is 0 Å². The number of phenolic OH excluding ortho intramolecular Hbond substituents is 1. The van der Waals surface area contributed by atoms with E-state index in [0.29, 0.717) is 50.4 Å². The maximum atomic E-state index is 12.3. The third kappa shape index (κ3) is 12.2. The number of nitrogens with one attached hydrogen (secondary N) is 2. The van der Waals surface area contributed by atoms with Crippen molar-refractivity contribution < 1.29 is 30.3 Å². The molecule has 0 bridgehead atoms. The summed E-state index contributed by atoms with van der Waals surface area (Å²) < 4.78 is 0. The number of hydrogen-bond donors (Lipinski definition) is 8. The number of rotatable bonds is 21. The van der Waals surface area contributed by atoms with Gasteiger partial charge in [0.05, 0.1) is 29.5 Å². The minimum atomic E-state index is -1.04. The Bertz CT molecular complexity index is 1530. The Morgan fingerprint density at radius 3 is 2.53 bits per heavy atom. The fourth-order valence-electron chi connectivity index (χ4n) is 9.17. The van der Waals surface area contributed by atoms with E-state index in [-0.39, 0.29) is 36.0 Å². The molecule has 2 aromatic rings. The number of phenols is 1. The highest BCUT2D eigenvalue weighted by Gasteiger charge is 2.46. The van der Waals surface area contributed by atoms with Crippen LogP contribution >= 0.6 is 0 Å². The summed E-state index contributed by atoms with van der Waals surface area (Å²) in [5.74, 6) is -0.148. The highest BCUT2D eigenvalue weighted by Crippen LogP contribution is 2.47. The number of carbonyl (C=O) groups is 1. The van der Waals surface area contributed by atoms with Crippen LogP contribution in [0.2, 0.25) is 0 Å². The number of aliphatic carboxylic acids is 1. The summed E-state index contributed by atoms with van der Waals surface area (Å²) >= 11 is 0. The third-order valence-corrected chi connectivity index (χ3v) is 12.2. The van der Waals surface area contributed by atoms with E-state index >= 15 is 0 Å². The lowest BCUT2D eigenvalue weighted by atomic mass is 9.80. The van der Waals surface area contributed by atoms with Gasteiger partial charge in [-0.3, -0.25) is 4.79 Å². The van der Waals surface area contributed by atoms with Crippen LogP contribution in [0.4, 0.5) is 0 Å². The van der Waals surface area contributed by atoms with E-state index in [9.17, 15) is 30.3 Å². The van der Waals surface area contributed by atoms with Gasteiger partial charge in [-0.1, -0.05) is 75.8 Å². The molecule has 9 heteroatoms. The summed E-state index contributed by atoms with van der Waals surface area (Å²) in [6.07, 6.45) is 22.8. The molecule has 2 heterocycles. The number of benzene rings is 1. The number of aromatic nitrogens is 1. The van der Waals surface area contributed by atoms with Gasteiger partial charge in [-0.2, -0.15) is 0 Å². The molecular weight excluding hydrogens is 666 g/mol. The fourth-order valence-corrected chi connectivity index (χ4v) is 9.17. The molecule has 2 aliphatic carbocycles. The number of dihydropyridines is 1. The van der Waals surface area contributed by atoms with Gasteiger partial charge in [-0.05, 0) is 129 Å². The highest BCUT2D eigenvalue weighted by molar-refractivity contribution is 5.70. The molecule has 0 saturated heterocycles. The summed E-state index contributed by atoms with van der Waals surface area (Å²) in [5.41, 5.74) is 9.44. The van der Waals surface area contributed by atoms with E-state index in [4.69, 9.17) is 5.73 Å². The zero-order chi connectivity index (χ0) is 37.8. The molecule has 53 heavy (non-hydrogen) atoms. The average molecular weight is 732 g/mol. The monoisotopic (exact) mass is 731 g/mol. The molecule has 0 spiro atoms. The standard InChI is InChI=1S/C44H65N3O6/c1-2-3-5-8-30-11-14-35(41(50)25-30)9-6-4-7-10-39(43(51)52)40(49)17-19-44(53)28-33(22-32-18-20-46-42(45)26-32)23-36(44)27-37-24-34(29-47-37)21-31-12-15-38(48)16-13-31/h11-16,18,24,26,29-30,33,35-36,39-41,46-50,53H,2-10,17,19-23,25,27-28,45H2,1H3,(H,51,52). The van der Waals surface area contributed by atoms with Crippen molar-refractivity contribution in [3.8, 4) is 5.75 Å². The first kappa shape index (κ1) is 40.7. The number of hydrogen-bond acceptors (Lipinski definition) is 7. The zero-order valence-electron chi connectivity index (χ0n) is 31.8. The van der Waals surface area contributed by atoms with E-state index in [2.05, 4.69) is 41.5 Å².